The fraction of sp³-hybridized carbons (Fsp3) is 0.294. The maximum atomic E-state index is 10.2. The van der Waals surface area contributed by atoms with Gasteiger partial charge in [-0.2, -0.15) is 0 Å². The van der Waals surface area contributed by atoms with Gasteiger partial charge in [0.1, 0.15) is 0 Å². The average molecular weight is 290 g/mol. The van der Waals surface area contributed by atoms with Crippen LogP contribution in [0.5, 0.6) is 0 Å². The Morgan fingerprint density at radius 1 is 1.10 bits per heavy atom. The molecule has 0 spiro atoms. The standard InChI is InChI=1S/C17H20ClNO/c1-12-7-9-14(10-8-12)13(2)19-11-17(20)15-5-3-4-6-16(15)18/h3-10,13,17,19-20H,11H2,1-2H3/t13-,17?/m0/s1. The van der Waals surface area contributed by atoms with Gasteiger partial charge < -0.3 is 10.4 Å². The quantitative estimate of drug-likeness (QED) is 0.871. The van der Waals surface area contributed by atoms with Crippen LogP contribution < -0.4 is 5.32 Å². The molecule has 0 saturated heterocycles. The van der Waals surface area contributed by atoms with Crippen LogP contribution in [0.3, 0.4) is 0 Å². The van der Waals surface area contributed by atoms with Crippen molar-refractivity contribution in [1.29, 1.82) is 0 Å². The minimum Gasteiger partial charge on any atom is -0.387 e. The number of rotatable bonds is 5. The molecule has 3 heteroatoms. The predicted molar refractivity (Wildman–Crippen MR) is 84.0 cm³/mol. The third kappa shape index (κ3) is 3.83. The zero-order valence-corrected chi connectivity index (χ0v) is 12.6. The van der Waals surface area contributed by atoms with E-state index in [0.717, 1.165) is 5.56 Å². The summed E-state index contributed by atoms with van der Waals surface area (Å²) in [6, 6.07) is 16.0. The summed E-state index contributed by atoms with van der Waals surface area (Å²) < 4.78 is 0. The van der Waals surface area contributed by atoms with Crippen molar-refractivity contribution in [3.8, 4) is 0 Å². The van der Waals surface area contributed by atoms with Gasteiger partial charge in [-0.3, -0.25) is 0 Å². The van der Waals surface area contributed by atoms with Crippen molar-refractivity contribution < 1.29 is 5.11 Å². The van der Waals surface area contributed by atoms with Crippen LogP contribution in [0.25, 0.3) is 0 Å². The normalized spacial score (nSPS) is 14.0. The fourth-order valence-electron chi connectivity index (χ4n) is 2.12. The Morgan fingerprint density at radius 3 is 2.40 bits per heavy atom. The van der Waals surface area contributed by atoms with Crippen molar-refractivity contribution in [1.82, 2.24) is 5.32 Å². The summed E-state index contributed by atoms with van der Waals surface area (Å²) in [4.78, 5) is 0. The second-order valence-electron chi connectivity index (χ2n) is 5.08. The Labute approximate surface area is 125 Å². The Balaban J connectivity index is 1.95. The first-order valence-electron chi connectivity index (χ1n) is 6.80. The van der Waals surface area contributed by atoms with Crippen molar-refractivity contribution in [2.45, 2.75) is 26.0 Å². The maximum absolute atomic E-state index is 10.2. The van der Waals surface area contributed by atoms with Crippen molar-refractivity contribution in [2.24, 2.45) is 0 Å². The van der Waals surface area contributed by atoms with E-state index < -0.39 is 6.10 Å². The van der Waals surface area contributed by atoms with Gasteiger partial charge in [0.05, 0.1) is 6.10 Å². The SMILES string of the molecule is Cc1ccc([C@H](C)NCC(O)c2ccccc2Cl)cc1. The highest BCUT2D eigenvalue weighted by atomic mass is 35.5. The summed E-state index contributed by atoms with van der Waals surface area (Å²) in [6.07, 6.45) is -0.600. The van der Waals surface area contributed by atoms with E-state index >= 15 is 0 Å². The third-order valence-electron chi connectivity index (χ3n) is 3.46. The number of aryl methyl sites for hydroxylation is 1. The van der Waals surface area contributed by atoms with Crippen LogP contribution in [0.15, 0.2) is 48.5 Å². The Kier molecular flexibility index (Phi) is 5.18. The fourth-order valence-corrected chi connectivity index (χ4v) is 2.38. The van der Waals surface area contributed by atoms with Gasteiger partial charge >= 0.3 is 0 Å². The Bertz CT molecular complexity index is 553. The average Bonchev–Trinajstić information content (AvgIpc) is 2.45. The molecular weight excluding hydrogens is 270 g/mol. The van der Waals surface area contributed by atoms with E-state index in [1.54, 1.807) is 6.07 Å². The van der Waals surface area contributed by atoms with Crippen LogP contribution in [0.2, 0.25) is 5.02 Å². The minimum atomic E-state index is -0.600. The molecule has 20 heavy (non-hydrogen) atoms. The molecule has 2 aromatic carbocycles. The molecule has 0 aliphatic heterocycles. The molecule has 2 atom stereocenters. The Hall–Kier alpha value is -1.35. The summed E-state index contributed by atoms with van der Waals surface area (Å²) in [5.74, 6) is 0. The Morgan fingerprint density at radius 2 is 1.75 bits per heavy atom. The summed E-state index contributed by atoms with van der Waals surface area (Å²) >= 11 is 6.08. The largest absolute Gasteiger partial charge is 0.387 e. The van der Waals surface area contributed by atoms with E-state index in [1.165, 1.54) is 11.1 Å². The number of halogens is 1. The van der Waals surface area contributed by atoms with Crippen molar-refractivity contribution in [3.63, 3.8) is 0 Å². The van der Waals surface area contributed by atoms with E-state index in [9.17, 15) is 5.11 Å². The lowest BCUT2D eigenvalue weighted by Gasteiger charge is -2.18. The predicted octanol–water partition coefficient (Wildman–Crippen LogP) is 4.03. The smallest absolute Gasteiger partial charge is 0.0928 e. The third-order valence-corrected chi connectivity index (χ3v) is 3.80. The van der Waals surface area contributed by atoms with E-state index in [2.05, 4.69) is 43.4 Å². The van der Waals surface area contributed by atoms with Gasteiger partial charge in [-0.25, -0.2) is 0 Å². The molecule has 0 amide bonds. The number of nitrogens with one attached hydrogen (secondary N) is 1. The highest BCUT2D eigenvalue weighted by Crippen LogP contribution is 2.22. The first kappa shape index (κ1) is 15.0. The molecule has 2 aromatic rings. The van der Waals surface area contributed by atoms with E-state index in [1.807, 2.05) is 18.2 Å². The van der Waals surface area contributed by atoms with Gasteiger partial charge in [-0.05, 0) is 25.5 Å². The molecule has 0 heterocycles. The minimum absolute atomic E-state index is 0.188. The first-order valence-corrected chi connectivity index (χ1v) is 7.18. The van der Waals surface area contributed by atoms with Crippen molar-refractivity contribution in [3.05, 3.63) is 70.2 Å². The molecule has 0 bridgehead atoms. The zero-order chi connectivity index (χ0) is 14.5. The summed E-state index contributed by atoms with van der Waals surface area (Å²) in [5.41, 5.74) is 3.22. The number of aliphatic hydroxyl groups is 1. The second kappa shape index (κ2) is 6.89. The van der Waals surface area contributed by atoms with E-state index in [4.69, 9.17) is 11.6 Å². The second-order valence-corrected chi connectivity index (χ2v) is 5.49. The number of hydrogen-bond acceptors (Lipinski definition) is 2. The molecule has 0 aromatic heterocycles. The molecule has 2 nitrogen and oxygen atoms in total. The van der Waals surface area contributed by atoms with E-state index in [0.29, 0.717) is 11.6 Å². The molecule has 0 saturated carbocycles. The number of hydrogen-bond donors (Lipinski definition) is 2. The summed E-state index contributed by atoms with van der Waals surface area (Å²) in [5, 5.41) is 14.1. The lowest BCUT2D eigenvalue weighted by molar-refractivity contribution is 0.171. The molecule has 0 radical (unpaired) electrons. The zero-order valence-electron chi connectivity index (χ0n) is 11.8. The maximum Gasteiger partial charge on any atom is 0.0928 e. The van der Waals surface area contributed by atoms with Crippen molar-refractivity contribution in [2.75, 3.05) is 6.54 Å². The summed E-state index contributed by atoms with van der Waals surface area (Å²) in [7, 11) is 0. The van der Waals surface area contributed by atoms with Crippen LogP contribution in [-0.2, 0) is 0 Å². The monoisotopic (exact) mass is 289 g/mol. The first-order chi connectivity index (χ1) is 9.58. The molecule has 0 aliphatic rings. The van der Waals surface area contributed by atoms with Crippen LogP contribution >= 0.6 is 11.6 Å². The van der Waals surface area contributed by atoms with Gasteiger partial charge in [0, 0.05) is 23.2 Å². The molecule has 106 valence electrons. The number of aliphatic hydroxyl groups excluding tert-OH is 1. The highest BCUT2D eigenvalue weighted by molar-refractivity contribution is 6.31. The van der Waals surface area contributed by atoms with Gasteiger partial charge in [0.25, 0.3) is 0 Å². The highest BCUT2D eigenvalue weighted by Gasteiger charge is 2.12. The van der Waals surface area contributed by atoms with Gasteiger partial charge in [-0.15, -0.1) is 0 Å². The number of benzene rings is 2. The van der Waals surface area contributed by atoms with Gasteiger partial charge in [0.2, 0.25) is 0 Å². The van der Waals surface area contributed by atoms with E-state index in [-0.39, 0.29) is 6.04 Å². The molecular formula is C17H20ClNO. The lowest BCUT2D eigenvalue weighted by Crippen LogP contribution is -2.24. The topological polar surface area (TPSA) is 32.3 Å². The molecule has 1 unspecified atom stereocenters. The van der Waals surface area contributed by atoms with Crippen LogP contribution in [-0.4, -0.2) is 11.7 Å². The van der Waals surface area contributed by atoms with Crippen molar-refractivity contribution >= 4 is 11.6 Å². The van der Waals surface area contributed by atoms with Gasteiger partial charge in [-0.1, -0.05) is 59.6 Å². The van der Waals surface area contributed by atoms with Crippen LogP contribution in [0.4, 0.5) is 0 Å². The lowest BCUT2D eigenvalue weighted by atomic mass is 10.1. The molecule has 0 fully saturated rings. The van der Waals surface area contributed by atoms with Gasteiger partial charge in [0.15, 0.2) is 0 Å². The molecule has 2 N–H and O–H groups in total. The summed E-state index contributed by atoms with van der Waals surface area (Å²) in [6.45, 7) is 4.63. The van der Waals surface area contributed by atoms with Crippen LogP contribution in [0, 0.1) is 6.92 Å². The molecule has 0 aliphatic carbocycles. The molecule has 2 rings (SSSR count). The van der Waals surface area contributed by atoms with Crippen LogP contribution in [0.1, 0.15) is 35.8 Å².